The number of aliphatic carboxylic acids is 1. The summed E-state index contributed by atoms with van der Waals surface area (Å²) in [6.07, 6.45) is 5.88. The minimum absolute atomic E-state index is 0.412. The van der Waals surface area contributed by atoms with Crippen LogP contribution in [0.5, 0.6) is 0 Å². The molecule has 1 amide bonds. The maximum Gasteiger partial charge on any atom is 0.490 e. The third kappa shape index (κ3) is 11.0. The van der Waals surface area contributed by atoms with Gasteiger partial charge in [0.15, 0.2) is 5.65 Å². The van der Waals surface area contributed by atoms with Gasteiger partial charge in [-0.05, 0) is 54.7 Å². The number of benzene rings is 1. The van der Waals surface area contributed by atoms with Crippen LogP contribution in [0.15, 0.2) is 61.3 Å². The molecule has 0 unspecified atom stereocenters. The van der Waals surface area contributed by atoms with Crippen LogP contribution >= 0.6 is 0 Å². The zero-order valence-electron chi connectivity index (χ0n) is 27.4. The van der Waals surface area contributed by atoms with E-state index in [4.69, 9.17) is 14.6 Å². The second-order valence-corrected chi connectivity index (χ2v) is 11.2. The fourth-order valence-corrected chi connectivity index (χ4v) is 4.82. The molecule has 4 heterocycles. The van der Waals surface area contributed by atoms with Crippen molar-refractivity contribution in [3.63, 3.8) is 0 Å². The van der Waals surface area contributed by atoms with Crippen molar-refractivity contribution in [1.29, 1.82) is 0 Å². The van der Waals surface area contributed by atoms with Crippen molar-refractivity contribution in [1.82, 2.24) is 34.5 Å². The standard InChI is InChI=1S/C31H37N9O2.C2HF3O2/c1-4-5-6-7-15-42-31(41)37-28-16-22(2)26(23(3)36-28)17-32-29-27-20-40(38-30(27)34-21-33-29)19-25-11-9-24(10-12-25)18-39-14-8-13-35-39;3-2(4,5)1(6)7/h8-14,16,20-21H,4-7,15,17-19H2,1-3H3,(H,36,37,41)(H,32,33,34,38);(H,6,7). The van der Waals surface area contributed by atoms with Gasteiger partial charge in [-0.25, -0.2) is 24.5 Å². The Labute approximate surface area is 280 Å². The van der Waals surface area contributed by atoms with E-state index in [9.17, 15) is 18.0 Å². The highest BCUT2D eigenvalue weighted by Gasteiger charge is 2.38. The van der Waals surface area contributed by atoms with E-state index in [2.05, 4.69) is 67.0 Å². The molecule has 0 saturated carbocycles. The summed E-state index contributed by atoms with van der Waals surface area (Å²) in [5.41, 5.74) is 5.81. The van der Waals surface area contributed by atoms with Gasteiger partial charge in [-0.15, -0.1) is 0 Å². The number of aryl methyl sites for hydroxylation is 2. The number of amides is 1. The number of carboxylic acids is 1. The van der Waals surface area contributed by atoms with E-state index in [0.29, 0.717) is 37.0 Å². The number of carbonyl (C=O) groups excluding carboxylic acids is 1. The number of carboxylic acid groups (broad SMARTS) is 1. The quantitative estimate of drug-likeness (QED) is 0.117. The largest absolute Gasteiger partial charge is 0.490 e. The molecule has 0 aliphatic carbocycles. The minimum atomic E-state index is -5.08. The number of fused-ring (bicyclic) bond motifs is 1. The number of halogens is 3. The molecule has 0 radical (unpaired) electrons. The van der Waals surface area contributed by atoms with Crippen LogP contribution in [-0.2, 0) is 29.2 Å². The predicted molar refractivity (Wildman–Crippen MR) is 176 cm³/mol. The first-order valence-electron chi connectivity index (χ1n) is 15.6. The lowest BCUT2D eigenvalue weighted by molar-refractivity contribution is -0.192. The molecule has 3 N–H and O–H groups in total. The van der Waals surface area contributed by atoms with E-state index in [1.165, 1.54) is 11.9 Å². The van der Waals surface area contributed by atoms with Gasteiger partial charge >= 0.3 is 18.2 Å². The Morgan fingerprint density at radius 1 is 1.00 bits per heavy atom. The van der Waals surface area contributed by atoms with Gasteiger partial charge in [-0.1, -0.05) is 50.5 Å². The lowest BCUT2D eigenvalue weighted by Gasteiger charge is -2.14. The van der Waals surface area contributed by atoms with Crippen molar-refractivity contribution in [2.45, 2.75) is 72.3 Å². The van der Waals surface area contributed by atoms with E-state index < -0.39 is 18.2 Å². The molecule has 0 atom stereocenters. The van der Waals surface area contributed by atoms with E-state index in [1.807, 2.05) is 47.7 Å². The van der Waals surface area contributed by atoms with Crippen molar-refractivity contribution >= 4 is 34.7 Å². The molecule has 260 valence electrons. The summed E-state index contributed by atoms with van der Waals surface area (Å²) in [6.45, 7) is 8.37. The number of anilines is 2. The minimum Gasteiger partial charge on any atom is -0.475 e. The molecule has 0 bridgehead atoms. The molecule has 13 nitrogen and oxygen atoms in total. The monoisotopic (exact) mass is 681 g/mol. The summed E-state index contributed by atoms with van der Waals surface area (Å²) in [6, 6.07) is 12.2. The Morgan fingerprint density at radius 3 is 2.31 bits per heavy atom. The van der Waals surface area contributed by atoms with Gasteiger partial charge in [0.25, 0.3) is 0 Å². The summed E-state index contributed by atoms with van der Waals surface area (Å²) in [5, 5.41) is 23.1. The van der Waals surface area contributed by atoms with Gasteiger partial charge in [0.2, 0.25) is 0 Å². The van der Waals surface area contributed by atoms with Crippen LogP contribution in [0.25, 0.3) is 11.0 Å². The normalized spacial score (nSPS) is 11.1. The fourth-order valence-electron chi connectivity index (χ4n) is 4.82. The van der Waals surface area contributed by atoms with Gasteiger partial charge in [0.1, 0.15) is 18.0 Å². The Bertz CT molecular complexity index is 1800. The second kappa shape index (κ2) is 17.0. The Morgan fingerprint density at radius 2 is 1.69 bits per heavy atom. The highest BCUT2D eigenvalue weighted by atomic mass is 19.4. The summed E-state index contributed by atoms with van der Waals surface area (Å²) >= 11 is 0. The third-order valence-electron chi connectivity index (χ3n) is 7.33. The Kier molecular flexibility index (Phi) is 12.6. The van der Waals surface area contributed by atoms with Gasteiger partial charge in [-0.3, -0.25) is 14.7 Å². The first-order valence-corrected chi connectivity index (χ1v) is 15.6. The molecule has 4 aromatic heterocycles. The van der Waals surface area contributed by atoms with Crippen LogP contribution in [0.4, 0.5) is 29.6 Å². The predicted octanol–water partition coefficient (Wildman–Crippen LogP) is 6.51. The van der Waals surface area contributed by atoms with Crippen LogP contribution in [0, 0.1) is 13.8 Å². The maximum absolute atomic E-state index is 12.2. The van der Waals surface area contributed by atoms with Crippen molar-refractivity contribution in [2.24, 2.45) is 0 Å². The van der Waals surface area contributed by atoms with Crippen LogP contribution < -0.4 is 10.6 Å². The molecular formula is C33H38F3N9O4. The third-order valence-corrected chi connectivity index (χ3v) is 7.33. The molecular weight excluding hydrogens is 643 g/mol. The van der Waals surface area contributed by atoms with E-state index >= 15 is 0 Å². The number of ether oxygens (including phenoxy) is 1. The van der Waals surface area contributed by atoms with Gasteiger partial charge in [0.05, 0.1) is 25.1 Å². The lowest BCUT2D eigenvalue weighted by Crippen LogP contribution is -2.21. The molecule has 0 fully saturated rings. The molecule has 49 heavy (non-hydrogen) atoms. The molecule has 0 spiro atoms. The maximum atomic E-state index is 12.2. The van der Waals surface area contributed by atoms with Crippen molar-refractivity contribution in [3.05, 3.63) is 89.3 Å². The van der Waals surface area contributed by atoms with Gasteiger partial charge < -0.3 is 15.2 Å². The second-order valence-electron chi connectivity index (χ2n) is 11.2. The van der Waals surface area contributed by atoms with Crippen molar-refractivity contribution in [2.75, 3.05) is 17.2 Å². The molecule has 1 aromatic carbocycles. The number of rotatable bonds is 13. The zero-order valence-corrected chi connectivity index (χ0v) is 27.4. The number of aromatic nitrogens is 7. The number of nitrogens with zero attached hydrogens (tertiary/aromatic N) is 7. The van der Waals surface area contributed by atoms with E-state index in [0.717, 1.165) is 60.0 Å². The number of pyridine rings is 1. The van der Waals surface area contributed by atoms with Crippen LogP contribution in [0.2, 0.25) is 0 Å². The van der Waals surface area contributed by atoms with Crippen LogP contribution in [0.3, 0.4) is 0 Å². The molecule has 5 aromatic rings. The highest BCUT2D eigenvalue weighted by molar-refractivity contribution is 5.86. The van der Waals surface area contributed by atoms with Crippen LogP contribution in [0.1, 0.15) is 60.6 Å². The van der Waals surface area contributed by atoms with Gasteiger partial charge in [0, 0.05) is 30.8 Å². The first kappa shape index (κ1) is 36.3. The zero-order chi connectivity index (χ0) is 35.4. The van der Waals surface area contributed by atoms with Crippen molar-refractivity contribution < 1.29 is 32.6 Å². The number of alkyl halides is 3. The number of carbonyl (C=O) groups is 2. The average molecular weight is 682 g/mol. The average Bonchev–Trinajstić information content (AvgIpc) is 3.71. The summed E-state index contributed by atoms with van der Waals surface area (Å²) < 4.78 is 40.8. The summed E-state index contributed by atoms with van der Waals surface area (Å²) in [4.78, 5) is 34.5. The summed E-state index contributed by atoms with van der Waals surface area (Å²) in [7, 11) is 0. The molecule has 0 aliphatic rings. The number of hydrogen-bond acceptors (Lipinski definition) is 9. The Hall–Kier alpha value is -5.54. The highest BCUT2D eigenvalue weighted by Crippen LogP contribution is 2.22. The van der Waals surface area contributed by atoms with Crippen LogP contribution in [-0.4, -0.2) is 64.5 Å². The van der Waals surface area contributed by atoms with E-state index in [1.54, 1.807) is 6.20 Å². The molecule has 0 saturated heterocycles. The topological polar surface area (TPSA) is 162 Å². The lowest BCUT2D eigenvalue weighted by atomic mass is 10.1. The smallest absolute Gasteiger partial charge is 0.475 e. The first-order chi connectivity index (χ1) is 23.4. The fraction of sp³-hybridized carbons (Fsp3) is 0.364. The van der Waals surface area contributed by atoms with Crippen molar-refractivity contribution in [3.8, 4) is 0 Å². The molecule has 16 heteroatoms. The number of hydrogen-bond donors (Lipinski definition) is 3. The SMILES string of the molecule is CCCCCCOC(=O)Nc1cc(C)c(CNc2ncnc3nn(Cc4ccc(Cn5cccn5)cc4)cc23)c(C)n1.O=C(O)C(F)(F)F. The van der Waals surface area contributed by atoms with E-state index in [-0.39, 0.29) is 0 Å². The molecule has 5 rings (SSSR count). The Balaban J connectivity index is 0.000000698. The molecule has 0 aliphatic heterocycles. The number of nitrogens with one attached hydrogen (secondary N) is 2. The number of unbranched alkanes of at least 4 members (excludes halogenated alkanes) is 3. The summed E-state index contributed by atoms with van der Waals surface area (Å²) in [5.74, 6) is -1.58. The van der Waals surface area contributed by atoms with Gasteiger partial charge in [-0.2, -0.15) is 23.4 Å².